The quantitative estimate of drug-likeness (QED) is 0.209. The van der Waals surface area contributed by atoms with Crippen molar-refractivity contribution in [3.05, 3.63) is 145 Å². The van der Waals surface area contributed by atoms with Crippen LogP contribution in [0.15, 0.2) is 144 Å². The molecule has 0 N–H and O–H groups in total. The molecule has 0 aliphatic rings. The first-order chi connectivity index (χ1) is 19.7. The van der Waals surface area contributed by atoms with Crippen LogP contribution in [0.4, 0.5) is 0 Å². The Morgan fingerprint density at radius 1 is 0.525 bits per heavy atom. The molecule has 192 valence electrons. The molecular weight excluding hydrogens is 530 g/mol. The monoisotopic (exact) mass is 553 g/mol. The normalized spacial score (nSPS) is 11.2. The summed E-state index contributed by atoms with van der Waals surface area (Å²) in [6.45, 7) is 0. The zero-order valence-electron chi connectivity index (χ0n) is 21.5. The van der Waals surface area contributed by atoms with Crippen LogP contribution < -0.4 is 4.74 Å². The van der Waals surface area contributed by atoms with E-state index in [9.17, 15) is 0 Å². The average Bonchev–Trinajstić information content (AvgIpc) is 3.32. The molecule has 2 nitrogen and oxygen atoms in total. The van der Waals surface area contributed by atoms with Crippen LogP contribution in [0, 0.1) is 0 Å². The van der Waals surface area contributed by atoms with Gasteiger partial charge in [0.1, 0.15) is 11.5 Å². The number of hydrogen-bond acceptors (Lipinski definition) is 2. The lowest BCUT2D eigenvalue weighted by Gasteiger charge is -2.17. The molecular formula is C36H24ClNOS. The molecule has 0 saturated heterocycles. The number of hydrogen-bond donors (Lipinski definition) is 1. The summed E-state index contributed by atoms with van der Waals surface area (Å²) in [6.07, 6.45) is 0. The molecule has 0 bridgehead atoms. The van der Waals surface area contributed by atoms with Gasteiger partial charge in [0.2, 0.25) is 0 Å². The molecule has 0 unspecified atom stereocenters. The summed E-state index contributed by atoms with van der Waals surface area (Å²) in [4.78, 5) is 0.811. The van der Waals surface area contributed by atoms with E-state index in [1.807, 2.05) is 48.5 Å². The maximum atomic E-state index is 6.38. The van der Waals surface area contributed by atoms with Crippen LogP contribution in [0.25, 0.3) is 49.7 Å². The standard InChI is InChI=1S/C36H24ClNOS/c37-26-18-19-30(36(40)23-26)25-20-24(21-28(22-25)39-27-10-2-1-3-11-27)29-12-4-7-15-33(29)38-34-16-8-5-13-31(34)32-14-6-9-17-35(32)38/h1-23,40H. The van der Waals surface area contributed by atoms with E-state index in [-0.39, 0.29) is 0 Å². The van der Waals surface area contributed by atoms with Crippen LogP contribution in [-0.2, 0) is 0 Å². The Hall–Kier alpha value is -4.44. The lowest BCUT2D eigenvalue weighted by atomic mass is 9.97. The van der Waals surface area contributed by atoms with Gasteiger partial charge < -0.3 is 9.30 Å². The summed E-state index contributed by atoms with van der Waals surface area (Å²) in [6, 6.07) is 47.7. The first kappa shape index (κ1) is 24.6. The number of thiol groups is 1. The van der Waals surface area contributed by atoms with Crippen molar-refractivity contribution < 1.29 is 4.74 Å². The van der Waals surface area contributed by atoms with Crippen molar-refractivity contribution in [1.82, 2.24) is 4.57 Å². The van der Waals surface area contributed by atoms with E-state index in [0.29, 0.717) is 5.02 Å². The third kappa shape index (κ3) is 4.44. The predicted octanol–water partition coefficient (Wildman–Crippen LogP) is 10.9. The summed E-state index contributed by atoms with van der Waals surface area (Å²) in [7, 11) is 0. The number of para-hydroxylation sites is 4. The Bertz CT molecular complexity index is 1960. The van der Waals surface area contributed by atoms with Gasteiger partial charge in [-0.3, -0.25) is 0 Å². The van der Waals surface area contributed by atoms with Crippen molar-refractivity contribution in [2.75, 3.05) is 0 Å². The van der Waals surface area contributed by atoms with E-state index in [1.54, 1.807) is 0 Å². The Morgan fingerprint density at radius 2 is 1.12 bits per heavy atom. The van der Waals surface area contributed by atoms with Gasteiger partial charge in [0.05, 0.1) is 16.7 Å². The van der Waals surface area contributed by atoms with E-state index < -0.39 is 0 Å². The van der Waals surface area contributed by atoms with Gasteiger partial charge in [0, 0.05) is 26.3 Å². The third-order valence-electron chi connectivity index (χ3n) is 7.19. The number of benzene rings is 6. The van der Waals surface area contributed by atoms with Crippen molar-refractivity contribution in [3.63, 3.8) is 0 Å². The molecule has 0 fully saturated rings. The first-order valence-electron chi connectivity index (χ1n) is 13.1. The smallest absolute Gasteiger partial charge is 0.128 e. The summed E-state index contributed by atoms with van der Waals surface area (Å²) in [5.41, 5.74) is 7.58. The molecule has 0 spiro atoms. The van der Waals surface area contributed by atoms with Gasteiger partial charge in [-0.2, -0.15) is 0 Å². The Kier molecular flexibility index (Phi) is 6.31. The molecule has 0 atom stereocenters. The highest BCUT2D eigenvalue weighted by atomic mass is 35.5. The molecule has 40 heavy (non-hydrogen) atoms. The van der Waals surface area contributed by atoms with Gasteiger partial charge in [0.25, 0.3) is 0 Å². The Balaban J connectivity index is 1.47. The topological polar surface area (TPSA) is 14.2 Å². The van der Waals surface area contributed by atoms with Crippen LogP contribution in [0.3, 0.4) is 0 Å². The predicted molar refractivity (Wildman–Crippen MR) is 170 cm³/mol. The van der Waals surface area contributed by atoms with Crippen molar-refractivity contribution in [2.24, 2.45) is 0 Å². The summed E-state index contributed by atoms with van der Waals surface area (Å²) >= 11 is 11.0. The number of ether oxygens (including phenoxy) is 1. The molecule has 7 aromatic rings. The number of rotatable bonds is 5. The van der Waals surface area contributed by atoms with Crippen molar-refractivity contribution in [2.45, 2.75) is 4.90 Å². The number of fused-ring (bicyclic) bond motifs is 3. The summed E-state index contributed by atoms with van der Waals surface area (Å²) < 4.78 is 8.74. The zero-order valence-corrected chi connectivity index (χ0v) is 23.1. The summed E-state index contributed by atoms with van der Waals surface area (Å²) in [5, 5.41) is 3.12. The van der Waals surface area contributed by atoms with Crippen molar-refractivity contribution in [3.8, 4) is 39.4 Å². The fourth-order valence-corrected chi connectivity index (χ4v) is 6.03. The van der Waals surface area contributed by atoms with E-state index in [0.717, 1.165) is 44.3 Å². The minimum Gasteiger partial charge on any atom is -0.457 e. The molecule has 0 aliphatic heterocycles. The van der Waals surface area contributed by atoms with Crippen LogP contribution in [0.5, 0.6) is 11.5 Å². The first-order valence-corrected chi connectivity index (χ1v) is 13.9. The van der Waals surface area contributed by atoms with E-state index in [4.69, 9.17) is 29.0 Å². The number of halogens is 1. The van der Waals surface area contributed by atoms with Gasteiger partial charge >= 0.3 is 0 Å². The van der Waals surface area contributed by atoms with E-state index in [2.05, 4.69) is 95.6 Å². The lowest BCUT2D eigenvalue weighted by molar-refractivity contribution is 0.483. The van der Waals surface area contributed by atoms with Gasteiger partial charge in [-0.1, -0.05) is 90.5 Å². The largest absolute Gasteiger partial charge is 0.457 e. The third-order valence-corrected chi connectivity index (χ3v) is 7.80. The molecule has 6 aromatic carbocycles. The molecule has 0 aliphatic carbocycles. The second kappa shape index (κ2) is 10.3. The lowest BCUT2D eigenvalue weighted by Crippen LogP contribution is -1.97. The van der Waals surface area contributed by atoms with Crippen LogP contribution in [0.1, 0.15) is 0 Å². The fraction of sp³-hybridized carbons (Fsp3) is 0. The maximum absolute atomic E-state index is 6.38. The van der Waals surface area contributed by atoms with Crippen molar-refractivity contribution in [1.29, 1.82) is 0 Å². The van der Waals surface area contributed by atoms with Gasteiger partial charge in [-0.15, -0.1) is 12.6 Å². The second-order valence-corrected chi connectivity index (χ2v) is 10.6. The molecule has 0 radical (unpaired) electrons. The highest BCUT2D eigenvalue weighted by molar-refractivity contribution is 7.80. The highest BCUT2D eigenvalue weighted by Crippen LogP contribution is 2.40. The van der Waals surface area contributed by atoms with E-state index >= 15 is 0 Å². The maximum Gasteiger partial charge on any atom is 0.128 e. The Labute approximate surface area is 243 Å². The van der Waals surface area contributed by atoms with Crippen molar-refractivity contribution >= 4 is 46.0 Å². The fourth-order valence-electron chi connectivity index (χ4n) is 5.44. The van der Waals surface area contributed by atoms with Crippen LogP contribution in [0.2, 0.25) is 5.02 Å². The SMILES string of the molecule is Sc1cc(Cl)ccc1-c1cc(Oc2ccccc2)cc(-c2ccccc2-n2c3ccccc3c3ccccc32)c1. The minimum atomic E-state index is 0.655. The van der Waals surface area contributed by atoms with Crippen LogP contribution in [-0.4, -0.2) is 4.57 Å². The molecule has 1 aromatic heterocycles. The Morgan fingerprint density at radius 3 is 1.82 bits per heavy atom. The van der Waals surface area contributed by atoms with Gasteiger partial charge in [0.15, 0.2) is 0 Å². The van der Waals surface area contributed by atoms with Gasteiger partial charge in [-0.25, -0.2) is 0 Å². The average molecular weight is 554 g/mol. The molecule has 7 rings (SSSR count). The van der Waals surface area contributed by atoms with Crippen LogP contribution >= 0.6 is 24.2 Å². The minimum absolute atomic E-state index is 0.655. The molecule has 0 saturated carbocycles. The second-order valence-electron chi connectivity index (χ2n) is 9.71. The highest BCUT2D eigenvalue weighted by Gasteiger charge is 2.17. The van der Waals surface area contributed by atoms with E-state index in [1.165, 1.54) is 21.8 Å². The van der Waals surface area contributed by atoms with Gasteiger partial charge in [-0.05, 0) is 77.4 Å². The summed E-state index contributed by atoms with van der Waals surface area (Å²) in [5.74, 6) is 1.53. The number of nitrogens with zero attached hydrogens (tertiary/aromatic N) is 1. The molecule has 4 heteroatoms. The molecule has 1 heterocycles. The number of aromatic nitrogens is 1. The molecule has 0 amide bonds. The zero-order chi connectivity index (χ0) is 27.1.